The Labute approximate surface area is 195 Å². The van der Waals surface area contributed by atoms with Gasteiger partial charge in [0.15, 0.2) is 0 Å². The van der Waals surface area contributed by atoms with Crippen LogP contribution in [0.5, 0.6) is 0 Å². The molecule has 0 aromatic heterocycles. The Morgan fingerprint density at radius 2 is 1.78 bits per heavy atom. The zero-order valence-electron chi connectivity index (χ0n) is 18.8. The molecule has 4 fully saturated rings. The topological polar surface area (TPSA) is 102 Å². The summed E-state index contributed by atoms with van der Waals surface area (Å²) in [5, 5.41) is 3.33. The van der Waals surface area contributed by atoms with Crippen LogP contribution in [0, 0.1) is 17.3 Å². The van der Waals surface area contributed by atoms with Crippen LogP contribution in [0.15, 0.2) is 30.3 Å². The van der Waals surface area contributed by atoms with Crippen molar-refractivity contribution in [1.29, 1.82) is 0 Å². The van der Waals surface area contributed by atoms with Crippen molar-refractivity contribution in [3.63, 3.8) is 0 Å². The number of hydrogen-bond acceptors (Lipinski definition) is 5. The molecule has 2 unspecified atom stereocenters. The molecular weight excluding hydrogens is 430 g/mol. The number of esters is 1. The van der Waals surface area contributed by atoms with Gasteiger partial charge in [0.05, 0.1) is 19.1 Å². The number of nitrogens with one attached hydrogen (secondary N) is 1. The lowest BCUT2D eigenvalue weighted by atomic mass is 9.47. The van der Waals surface area contributed by atoms with Crippen molar-refractivity contribution in [3.8, 4) is 0 Å². The molecule has 4 aliphatic carbocycles. The van der Waals surface area contributed by atoms with Crippen LogP contribution in [0.1, 0.15) is 44.1 Å². The van der Waals surface area contributed by atoms with Crippen LogP contribution in [0.3, 0.4) is 0 Å². The number of benzene rings is 1. The van der Waals surface area contributed by atoms with Gasteiger partial charge in [0.25, 0.3) is 0 Å². The quantitative estimate of drug-likeness (QED) is 0.603. The normalized spacial score (nSPS) is 30.7. The molecule has 0 aliphatic heterocycles. The lowest BCUT2D eigenvalue weighted by molar-refractivity contribution is -0.173. The Kier molecular flexibility index (Phi) is 7.20. The monoisotopic (exact) mass is 463 g/mol. The summed E-state index contributed by atoms with van der Waals surface area (Å²) in [6, 6.07) is 9.04. The molecule has 7 nitrogen and oxygen atoms in total. The Morgan fingerprint density at radius 1 is 1.16 bits per heavy atom. The third-order valence-electron chi connectivity index (χ3n) is 7.68. The van der Waals surface area contributed by atoms with E-state index in [0.717, 1.165) is 37.7 Å². The second-order valence-electron chi connectivity index (χ2n) is 9.92. The molecule has 0 heterocycles. The predicted molar refractivity (Wildman–Crippen MR) is 123 cm³/mol. The Bertz CT molecular complexity index is 848. The highest BCUT2D eigenvalue weighted by atomic mass is 35.5. The summed E-state index contributed by atoms with van der Waals surface area (Å²) in [4.78, 5) is 40.1. The van der Waals surface area contributed by atoms with E-state index in [4.69, 9.17) is 10.5 Å². The van der Waals surface area contributed by atoms with E-state index in [1.807, 2.05) is 30.3 Å². The largest absolute Gasteiger partial charge is 0.469 e. The Hall–Kier alpha value is -2.12. The van der Waals surface area contributed by atoms with Gasteiger partial charge in [0, 0.05) is 19.0 Å². The van der Waals surface area contributed by atoms with Crippen LogP contribution in [0.4, 0.5) is 0 Å². The summed E-state index contributed by atoms with van der Waals surface area (Å²) in [5.74, 6) is 0.271. The van der Waals surface area contributed by atoms with Crippen LogP contribution in [-0.4, -0.2) is 55.0 Å². The maximum absolute atomic E-state index is 13.6. The first-order valence-electron chi connectivity index (χ1n) is 11.2. The number of amides is 2. The van der Waals surface area contributed by atoms with E-state index in [1.165, 1.54) is 12.0 Å². The molecule has 4 saturated carbocycles. The van der Waals surface area contributed by atoms with Crippen molar-refractivity contribution in [2.24, 2.45) is 23.0 Å². The predicted octanol–water partition coefficient (Wildman–Crippen LogP) is 2.06. The maximum Gasteiger partial charge on any atom is 0.311 e. The molecule has 8 heteroatoms. The fraction of sp³-hybridized carbons (Fsp3) is 0.625. The summed E-state index contributed by atoms with van der Waals surface area (Å²) in [7, 11) is 3.09. The van der Waals surface area contributed by atoms with E-state index < -0.39 is 17.0 Å². The van der Waals surface area contributed by atoms with Gasteiger partial charge in [-0.05, 0) is 55.9 Å². The van der Waals surface area contributed by atoms with Crippen LogP contribution < -0.4 is 11.1 Å². The molecule has 0 spiro atoms. The SMILES string of the molecule is COC(=O)C12CC3CC(CC(NC(=O)[C@H](Cc4ccccc4)N(C)C(=O)CN)(C3)C1)C2.Cl. The molecule has 2 amide bonds. The fourth-order valence-corrected chi connectivity index (χ4v) is 6.77. The summed E-state index contributed by atoms with van der Waals surface area (Å²) in [5.41, 5.74) is 5.67. The minimum absolute atomic E-state index is 0. The number of ether oxygens (including phenoxy) is 1. The summed E-state index contributed by atoms with van der Waals surface area (Å²) in [6.07, 6.45) is 5.65. The minimum atomic E-state index is -0.652. The standard InChI is InChI=1S/C24H33N3O4.ClH/c1-27(20(28)14-25)19(9-16-6-4-3-5-7-16)21(29)26-24-12-17-8-18(13-24)11-23(10-17,15-24)22(30)31-2;/h3-7,17-19H,8-15,25H2,1-2H3,(H,26,29);1H/t17?,18?,19-,23?,24?;/m0./s1. The van der Waals surface area contributed by atoms with E-state index in [9.17, 15) is 14.4 Å². The number of methoxy groups -OCH3 is 1. The molecule has 32 heavy (non-hydrogen) atoms. The van der Waals surface area contributed by atoms with Gasteiger partial charge < -0.3 is 20.7 Å². The average molecular weight is 464 g/mol. The third kappa shape index (κ3) is 4.50. The Balaban J connectivity index is 0.00000289. The molecule has 4 bridgehead atoms. The van der Waals surface area contributed by atoms with Crippen molar-refractivity contribution in [3.05, 3.63) is 35.9 Å². The van der Waals surface area contributed by atoms with Crippen LogP contribution >= 0.6 is 12.4 Å². The number of carbonyl (C=O) groups excluding carboxylic acids is 3. The first kappa shape index (κ1) is 24.5. The molecule has 0 saturated heterocycles. The molecule has 5 rings (SSSR count). The summed E-state index contributed by atoms with van der Waals surface area (Å²) in [6.45, 7) is -0.143. The first-order valence-corrected chi connectivity index (χ1v) is 11.2. The molecule has 0 radical (unpaired) electrons. The summed E-state index contributed by atoms with van der Waals surface area (Å²) < 4.78 is 5.18. The van der Waals surface area contributed by atoms with Crippen LogP contribution in [0.25, 0.3) is 0 Å². The van der Waals surface area contributed by atoms with Gasteiger partial charge in [-0.2, -0.15) is 0 Å². The number of halogens is 1. The number of likely N-dealkylation sites (N-methyl/N-ethyl adjacent to an activating group) is 1. The number of rotatable bonds is 7. The van der Waals surface area contributed by atoms with Crippen LogP contribution in [0.2, 0.25) is 0 Å². The van der Waals surface area contributed by atoms with Gasteiger partial charge in [0.2, 0.25) is 11.8 Å². The van der Waals surface area contributed by atoms with Crippen molar-refractivity contribution in [2.45, 2.75) is 56.5 Å². The van der Waals surface area contributed by atoms with E-state index in [-0.39, 0.29) is 36.7 Å². The van der Waals surface area contributed by atoms with Crippen molar-refractivity contribution in [2.75, 3.05) is 20.7 Å². The molecule has 4 aliphatic rings. The van der Waals surface area contributed by atoms with Crippen LogP contribution in [-0.2, 0) is 25.5 Å². The highest BCUT2D eigenvalue weighted by molar-refractivity contribution is 5.89. The molecule has 1 aromatic rings. The third-order valence-corrected chi connectivity index (χ3v) is 7.68. The minimum Gasteiger partial charge on any atom is -0.469 e. The summed E-state index contributed by atoms with van der Waals surface area (Å²) >= 11 is 0. The van der Waals surface area contributed by atoms with E-state index in [2.05, 4.69) is 5.32 Å². The number of nitrogens with zero attached hydrogens (tertiary/aromatic N) is 1. The van der Waals surface area contributed by atoms with E-state index >= 15 is 0 Å². The first-order chi connectivity index (χ1) is 14.8. The van der Waals surface area contributed by atoms with E-state index in [0.29, 0.717) is 24.7 Å². The van der Waals surface area contributed by atoms with E-state index in [1.54, 1.807) is 7.05 Å². The average Bonchev–Trinajstić information content (AvgIpc) is 2.75. The zero-order valence-corrected chi connectivity index (χ0v) is 19.7. The number of hydrogen-bond donors (Lipinski definition) is 2. The Morgan fingerprint density at radius 3 is 2.34 bits per heavy atom. The van der Waals surface area contributed by atoms with Gasteiger partial charge >= 0.3 is 5.97 Å². The maximum atomic E-state index is 13.6. The fourth-order valence-electron chi connectivity index (χ4n) is 6.77. The molecule has 1 aromatic carbocycles. The molecule has 176 valence electrons. The highest BCUT2D eigenvalue weighted by Crippen LogP contribution is 2.62. The second kappa shape index (κ2) is 9.40. The second-order valence-corrected chi connectivity index (χ2v) is 9.92. The van der Waals surface area contributed by atoms with Gasteiger partial charge in [-0.3, -0.25) is 14.4 Å². The van der Waals surface area contributed by atoms with Gasteiger partial charge in [-0.15, -0.1) is 12.4 Å². The zero-order chi connectivity index (χ0) is 22.2. The molecular formula is C24H34ClN3O4. The van der Waals surface area contributed by atoms with Crippen molar-refractivity contribution >= 4 is 30.2 Å². The molecule has 3 N–H and O–H groups in total. The number of nitrogens with two attached hydrogens (primary N) is 1. The van der Waals surface area contributed by atoms with Crippen molar-refractivity contribution < 1.29 is 19.1 Å². The van der Waals surface area contributed by atoms with Crippen molar-refractivity contribution in [1.82, 2.24) is 10.2 Å². The van der Waals surface area contributed by atoms with Gasteiger partial charge in [0.1, 0.15) is 6.04 Å². The lowest BCUT2D eigenvalue weighted by Crippen LogP contribution is -2.66. The molecule has 3 atom stereocenters. The number of carbonyl (C=O) groups is 3. The van der Waals surface area contributed by atoms with Gasteiger partial charge in [-0.25, -0.2) is 0 Å². The van der Waals surface area contributed by atoms with Gasteiger partial charge in [-0.1, -0.05) is 30.3 Å². The highest BCUT2D eigenvalue weighted by Gasteiger charge is 2.61. The lowest BCUT2D eigenvalue weighted by Gasteiger charge is -2.61. The smallest absolute Gasteiger partial charge is 0.311 e.